The summed E-state index contributed by atoms with van der Waals surface area (Å²) < 4.78 is 13.5. The van der Waals surface area contributed by atoms with Crippen molar-refractivity contribution in [2.45, 2.75) is 6.92 Å². The first-order valence-electron chi connectivity index (χ1n) is 6.20. The number of anilines is 2. The number of halogens is 1. The number of rotatable bonds is 3. The van der Waals surface area contributed by atoms with Crippen LogP contribution in [-0.4, -0.2) is 11.0 Å². The maximum atomic E-state index is 13.5. The van der Waals surface area contributed by atoms with Crippen molar-refractivity contribution in [3.63, 3.8) is 0 Å². The van der Waals surface area contributed by atoms with Crippen molar-refractivity contribution in [2.75, 3.05) is 10.6 Å². The molecular weight excluding hydrogens is 289 g/mol. The summed E-state index contributed by atoms with van der Waals surface area (Å²) in [7, 11) is 0. The smallest absolute Gasteiger partial charge is 0.323 e. The molecule has 2 aromatic rings. The number of carbonyl (C=O) groups is 1. The Hall–Kier alpha value is -2.47. The van der Waals surface area contributed by atoms with Gasteiger partial charge in [-0.1, -0.05) is 36.5 Å². The molecule has 0 fully saturated rings. The number of carbonyl (C=O) groups excluding carboxylic acids is 1. The highest BCUT2D eigenvalue weighted by atomic mass is 32.1. The normalized spacial score (nSPS) is 10.0. The Morgan fingerprint density at radius 3 is 2.48 bits per heavy atom. The first-order valence-corrected chi connectivity index (χ1v) is 6.61. The van der Waals surface area contributed by atoms with Gasteiger partial charge in [-0.05, 0) is 30.7 Å². The van der Waals surface area contributed by atoms with Crippen LogP contribution in [0.15, 0.2) is 42.5 Å². The number of amides is 2. The van der Waals surface area contributed by atoms with Gasteiger partial charge in [0.1, 0.15) is 10.8 Å². The fraction of sp³-hybridized carbons (Fsp3) is 0.0667. The third-order valence-electron chi connectivity index (χ3n) is 2.89. The summed E-state index contributed by atoms with van der Waals surface area (Å²) in [6.07, 6.45) is 0. The van der Waals surface area contributed by atoms with Gasteiger partial charge < -0.3 is 16.4 Å². The van der Waals surface area contributed by atoms with E-state index in [2.05, 4.69) is 10.6 Å². The van der Waals surface area contributed by atoms with E-state index in [-0.39, 0.29) is 10.7 Å². The van der Waals surface area contributed by atoms with E-state index in [9.17, 15) is 9.18 Å². The van der Waals surface area contributed by atoms with Crippen LogP contribution in [0.2, 0.25) is 0 Å². The van der Waals surface area contributed by atoms with Crippen molar-refractivity contribution < 1.29 is 9.18 Å². The molecule has 0 saturated heterocycles. The molecule has 2 aromatic carbocycles. The minimum absolute atomic E-state index is 0.109. The van der Waals surface area contributed by atoms with Crippen LogP contribution in [-0.2, 0) is 0 Å². The van der Waals surface area contributed by atoms with E-state index in [0.717, 1.165) is 5.56 Å². The van der Waals surface area contributed by atoms with Crippen LogP contribution in [0.3, 0.4) is 0 Å². The van der Waals surface area contributed by atoms with Gasteiger partial charge in [0.15, 0.2) is 0 Å². The number of nitrogens with two attached hydrogens (primary N) is 1. The second-order valence-electron chi connectivity index (χ2n) is 4.45. The molecule has 0 unspecified atom stereocenters. The molecule has 2 amide bonds. The van der Waals surface area contributed by atoms with Crippen LogP contribution in [0.5, 0.6) is 0 Å². The molecule has 4 N–H and O–H groups in total. The molecule has 0 spiro atoms. The molecule has 2 rings (SSSR count). The molecule has 6 heteroatoms. The largest absolute Gasteiger partial charge is 0.389 e. The molecule has 0 aliphatic heterocycles. The number of aryl methyl sites for hydroxylation is 1. The van der Waals surface area contributed by atoms with Crippen molar-refractivity contribution in [1.82, 2.24) is 0 Å². The molecule has 21 heavy (non-hydrogen) atoms. The Morgan fingerprint density at radius 2 is 1.81 bits per heavy atom. The second-order valence-corrected chi connectivity index (χ2v) is 4.89. The number of urea groups is 1. The number of hydrogen-bond donors (Lipinski definition) is 3. The summed E-state index contributed by atoms with van der Waals surface area (Å²) in [5.41, 5.74) is 7.73. The predicted molar refractivity (Wildman–Crippen MR) is 86.1 cm³/mol. The third-order valence-corrected chi connectivity index (χ3v) is 3.13. The predicted octanol–water partition coefficient (Wildman–Crippen LogP) is 3.41. The summed E-state index contributed by atoms with van der Waals surface area (Å²) in [6.45, 7) is 1.84. The minimum atomic E-state index is -0.539. The lowest BCUT2D eigenvalue weighted by Gasteiger charge is -2.11. The van der Waals surface area contributed by atoms with Crippen LogP contribution < -0.4 is 16.4 Å². The molecule has 108 valence electrons. The maximum Gasteiger partial charge on any atom is 0.323 e. The maximum absolute atomic E-state index is 13.5. The molecular formula is C15H14FN3OS. The van der Waals surface area contributed by atoms with E-state index >= 15 is 0 Å². The lowest BCUT2D eigenvalue weighted by Crippen LogP contribution is -2.21. The summed E-state index contributed by atoms with van der Waals surface area (Å²) in [4.78, 5) is 12.2. The fourth-order valence-electron chi connectivity index (χ4n) is 1.75. The Kier molecular flexibility index (Phi) is 4.49. The van der Waals surface area contributed by atoms with Crippen LogP contribution >= 0.6 is 12.2 Å². The highest BCUT2D eigenvalue weighted by Crippen LogP contribution is 2.18. The summed E-state index contributed by atoms with van der Waals surface area (Å²) in [6, 6.07) is 10.7. The number of para-hydroxylation sites is 1. The third kappa shape index (κ3) is 3.76. The number of thiocarbonyl (C=S) groups is 1. The molecule has 0 aliphatic rings. The molecule has 0 heterocycles. The highest BCUT2D eigenvalue weighted by molar-refractivity contribution is 7.80. The van der Waals surface area contributed by atoms with Gasteiger partial charge in [-0.3, -0.25) is 0 Å². The number of nitrogens with one attached hydrogen (secondary N) is 2. The zero-order valence-electron chi connectivity index (χ0n) is 11.3. The van der Waals surface area contributed by atoms with Crippen LogP contribution in [0.1, 0.15) is 11.1 Å². The van der Waals surface area contributed by atoms with Gasteiger partial charge in [-0.25, -0.2) is 9.18 Å². The monoisotopic (exact) mass is 303 g/mol. The molecule has 0 aromatic heterocycles. The van der Waals surface area contributed by atoms with Crippen LogP contribution in [0.25, 0.3) is 0 Å². The van der Waals surface area contributed by atoms with E-state index in [1.807, 2.05) is 6.92 Å². The summed E-state index contributed by atoms with van der Waals surface area (Å²) in [5.74, 6) is -0.499. The standard InChI is InChI=1S/C15H14FN3OS/c1-9-6-7-10(14(17)21)8-13(9)19-15(20)18-12-5-3-2-4-11(12)16/h2-8H,1H3,(H2,17,21)(H2,18,19,20). The van der Waals surface area contributed by atoms with Gasteiger partial charge in [0, 0.05) is 11.3 Å². The van der Waals surface area contributed by atoms with Gasteiger partial charge in [0.2, 0.25) is 0 Å². The van der Waals surface area contributed by atoms with Crippen molar-refractivity contribution in [3.05, 3.63) is 59.4 Å². The van der Waals surface area contributed by atoms with Crippen molar-refractivity contribution in [2.24, 2.45) is 5.73 Å². The van der Waals surface area contributed by atoms with E-state index in [1.165, 1.54) is 12.1 Å². The van der Waals surface area contributed by atoms with Crippen molar-refractivity contribution in [3.8, 4) is 0 Å². The average Bonchev–Trinajstić information content (AvgIpc) is 2.43. The molecule has 0 atom stereocenters. The highest BCUT2D eigenvalue weighted by Gasteiger charge is 2.09. The lowest BCUT2D eigenvalue weighted by molar-refractivity contribution is 0.262. The first-order chi connectivity index (χ1) is 9.97. The van der Waals surface area contributed by atoms with Gasteiger partial charge in [-0.2, -0.15) is 0 Å². The first kappa shape index (κ1) is 14.9. The van der Waals surface area contributed by atoms with Crippen molar-refractivity contribution >= 4 is 34.6 Å². The summed E-state index contributed by atoms with van der Waals surface area (Å²) >= 11 is 4.90. The molecule has 0 bridgehead atoms. The molecule has 0 radical (unpaired) electrons. The van der Waals surface area contributed by atoms with E-state index in [1.54, 1.807) is 30.3 Å². The Labute approximate surface area is 127 Å². The summed E-state index contributed by atoms with van der Waals surface area (Å²) in [5, 5.41) is 5.09. The molecule has 0 aliphatic carbocycles. The van der Waals surface area contributed by atoms with Gasteiger partial charge in [-0.15, -0.1) is 0 Å². The van der Waals surface area contributed by atoms with Gasteiger partial charge >= 0.3 is 6.03 Å². The Balaban J connectivity index is 2.15. The van der Waals surface area contributed by atoms with Crippen LogP contribution in [0.4, 0.5) is 20.6 Å². The van der Waals surface area contributed by atoms with Crippen molar-refractivity contribution in [1.29, 1.82) is 0 Å². The molecule has 4 nitrogen and oxygen atoms in total. The number of hydrogen-bond acceptors (Lipinski definition) is 2. The fourth-order valence-corrected chi connectivity index (χ4v) is 1.88. The van der Waals surface area contributed by atoms with Gasteiger partial charge in [0.05, 0.1) is 5.69 Å². The number of benzene rings is 2. The average molecular weight is 303 g/mol. The zero-order chi connectivity index (χ0) is 15.4. The zero-order valence-corrected chi connectivity index (χ0v) is 12.1. The SMILES string of the molecule is Cc1ccc(C(N)=S)cc1NC(=O)Nc1ccccc1F. The van der Waals surface area contributed by atoms with E-state index in [4.69, 9.17) is 18.0 Å². The van der Waals surface area contributed by atoms with Crippen LogP contribution in [0, 0.1) is 12.7 Å². The lowest BCUT2D eigenvalue weighted by atomic mass is 10.1. The Bertz CT molecular complexity index is 703. The minimum Gasteiger partial charge on any atom is -0.389 e. The second kappa shape index (κ2) is 6.32. The van der Waals surface area contributed by atoms with E-state index in [0.29, 0.717) is 11.3 Å². The Morgan fingerprint density at radius 1 is 1.14 bits per heavy atom. The topological polar surface area (TPSA) is 67.1 Å². The molecule has 0 saturated carbocycles. The van der Waals surface area contributed by atoms with Gasteiger partial charge in [0.25, 0.3) is 0 Å². The van der Waals surface area contributed by atoms with E-state index < -0.39 is 11.8 Å². The quantitative estimate of drug-likeness (QED) is 0.761.